The molecule has 1 fully saturated rings. The van der Waals surface area contributed by atoms with Gasteiger partial charge >= 0.3 is 18.5 Å². The Morgan fingerprint density at radius 3 is 1.57 bits per heavy atom. The van der Waals surface area contributed by atoms with Crippen LogP contribution in [0.5, 0.6) is 0 Å². The number of nitrogens with zero attached hydrogens (tertiary/aromatic N) is 1. The second-order valence-corrected chi connectivity index (χ2v) is 5.96. The predicted molar refractivity (Wildman–Crippen MR) is 88.8 cm³/mol. The fraction of sp³-hybridized carbons (Fsp3) is 0.600. The predicted octanol–water partition coefficient (Wildman–Crippen LogP) is 5.47. The van der Waals surface area contributed by atoms with Gasteiger partial charge in [0.2, 0.25) is 0 Å². The maximum Gasteiger partial charge on any atom is 0.416 e. The van der Waals surface area contributed by atoms with Gasteiger partial charge < -0.3 is 5.32 Å². The van der Waals surface area contributed by atoms with Crippen molar-refractivity contribution >= 4 is 24.8 Å². The minimum atomic E-state index is -5.11. The Balaban J connectivity index is 0.00000364. The smallest absolute Gasteiger partial charge is 0.314 e. The first-order valence-electron chi connectivity index (χ1n) is 7.58. The van der Waals surface area contributed by atoms with Crippen LogP contribution in [0, 0.1) is 0 Å². The third kappa shape index (κ3) is 7.49. The first kappa shape index (κ1) is 27.1. The highest BCUT2D eigenvalue weighted by molar-refractivity contribution is 5.85. The van der Waals surface area contributed by atoms with E-state index in [1.54, 1.807) is 0 Å². The molecule has 0 unspecified atom stereocenters. The van der Waals surface area contributed by atoms with E-state index in [0.29, 0.717) is 25.2 Å². The van der Waals surface area contributed by atoms with Crippen LogP contribution in [0.25, 0.3) is 0 Å². The molecule has 28 heavy (non-hydrogen) atoms. The van der Waals surface area contributed by atoms with E-state index in [9.17, 15) is 39.5 Å². The van der Waals surface area contributed by atoms with Gasteiger partial charge in [-0.15, -0.1) is 24.8 Å². The average Bonchev–Trinajstić information content (AvgIpc) is 2.50. The normalized spacial score (nSPS) is 17.5. The molecule has 0 bridgehead atoms. The fourth-order valence-electron chi connectivity index (χ4n) is 2.84. The molecular formula is C15H17Cl2F9N2. The van der Waals surface area contributed by atoms with Gasteiger partial charge in [-0.2, -0.15) is 39.5 Å². The van der Waals surface area contributed by atoms with Crippen LogP contribution in [0.15, 0.2) is 18.2 Å². The van der Waals surface area contributed by atoms with Crippen molar-refractivity contribution in [1.82, 2.24) is 10.2 Å². The van der Waals surface area contributed by atoms with Crippen LogP contribution < -0.4 is 5.32 Å². The van der Waals surface area contributed by atoms with Crippen molar-refractivity contribution in [2.45, 2.75) is 31.0 Å². The molecule has 2 nitrogen and oxygen atoms in total. The summed E-state index contributed by atoms with van der Waals surface area (Å²) in [6.07, 6.45) is -16.5. The van der Waals surface area contributed by atoms with Crippen LogP contribution in [0.2, 0.25) is 0 Å². The van der Waals surface area contributed by atoms with E-state index in [1.807, 2.05) is 0 Å². The minimum Gasteiger partial charge on any atom is -0.314 e. The molecule has 0 radical (unpaired) electrons. The fourth-order valence-corrected chi connectivity index (χ4v) is 2.84. The standard InChI is InChI=1S/C15H15F9N2.2ClH/c16-13(17,18)8-12(26-3-1-25-2-4-26)9-5-10(14(19,20)21)7-11(6-9)15(22,23)24;;/h5-7,12,25H,1-4,8H2;2*1H/t12-;;/m0../s1. The molecule has 1 N–H and O–H groups in total. The van der Waals surface area contributed by atoms with Crippen molar-refractivity contribution in [1.29, 1.82) is 0 Å². The summed E-state index contributed by atoms with van der Waals surface area (Å²) in [7, 11) is 0. The molecule has 2 rings (SSSR count). The summed E-state index contributed by atoms with van der Waals surface area (Å²) >= 11 is 0. The molecule has 164 valence electrons. The van der Waals surface area contributed by atoms with Gasteiger partial charge in [0.05, 0.1) is 17.5 Å². The zero-order valence-corrected chi connectivity index (χ0v) is 15.6. The summed E-state index contributed by atoms with van der Waals surface area (Å²) in [5.41, 5.74) is -3.89. The SMILES string of the molecule is Cl.Cl.FC(F)(F)C[C@@H](c1cc(C(F)(F)F)cc(C(F)(F)F)c1)N1CCNCC1. The number of piperazine rings is 1. The highest BCUT2D eigenvalue weighted by Gasteiger charge is 2.40. The first-order valence-corrected chi connectivity index (χ1v) is 7.58. The van der Waals surface area contributed by atoms with E-state index in [0.717, 1.165) is 0 Å². The molecule has 1 aromatic rings. The molecule has 1 aromatic carbocycles. The van der Waals surface area contributed by atoms with Gasteiger partial charge in [0.25, 0.3) is 0 Å². The van der Waals surface area contributed by atoms with E-state index in [2.05, 4.69) is 5.32 Å². The molecule has 0 spiro atoms. The van der Waals surface area contributed by atoms with Crippen LogP contribution in [0.4, 0.5) is 39.5 Å². The van der Waals surface area contributed by atoms with Gasteiger partial charge in [-0.3, -0.25) is 4.90 Å². The largest absolute Gasteiger partial charge is 0.416 e. The number of hydrogen-bond donors (Lipinski definition) is 1. The molecular weight excluding hydrogens is 450 g/mol. The zero-order valence-electron chi connectivity index (χ0n) is 14.0. The molecule has 0 aromatic heterocycles. The second kappa shape index (κ2) is 9.73. The van der Waals surface area contributed by atoms with Crippen LogP contribution in [-0.4, -0.2) is 37.3 Å². The van der Waals surface area contributed by atoms with Crippen molar-refractivity contribution in [3.63, 3.8) is 0 Å². The monoisotopic (exact) mass is 466 g/mol. The lowest BCUT2D eigenvalue weighted by atomic mass is 9.95. The summed E-state index contributed by atoms with van der Waals surface area (Å²) in [5, 5.41) is 2.87. The molecule has 1 heterocycles. The zero-order chi connectivity index (χ0) is 19.8. The van der Waals surface area contributed by atoms with Gasteiger partial charge in [-0.25, -0.2) is 0 Å². The Morgan fingerprint density at radius 1 is 0.786 bits per heavy atom. The summed E-state index contributed by atoms with van der Waals surface area (Å²) in [6.45, 7) is 0.746. The summed E-state index contributed by atoms with van der Waals surface area (Å²) in [6, 6.07) is -0.978. The van der Waals surface area contributed by atoms with Gasteiger partial charge in [0, 0.05) is 32.2 Å². The Kier molecular flexibility index (Phi) is 9.41. The molecule has 13 heteroatoms. The second-order valence-electron chi connectivity index (χ2n) is 5.96. The molecule has 1 aliphatic heterocycles. The number of nitrogens with one attached hydrogen (secondary N) is 1. The van der Waals surface area contributed by atoms with Crippen LogP contribution in [0.1, 0.15) is 29.2 Å². The highest BCUT2D eigenvalue weighted by atomic mass is 35.5. The molecule has 1 aliphatic rings. The first-order chi connectivity index (χ1) is 11.8. The van der Waals surface area contributed by atoms with Crippen LogP contribution in [-0.2, 0) is 12.4 Å². The number of benzene rings is 1. The third-order valence-corrected chi connectivity index (χ3v) is 4.01. The summed E-state index contributed by atoms with van der Waals surface area (Å²) in [4.78, 5) is 1.25. The Bertz CT molecular complexity index is 591. The summed E-state index contributed by atoms with van der Waals surface area (Å²) in [5.74, 6) is 0. The van der Waals surface area contributed by atoms with Crippen LogP contribution in [0.3, 0.4) is 0 Å². The molecule has 0 aliphatic carbocycles. The van der Waals surface area contributed by atoms with Gasteiger partial charge in [-0.05, 0) is 23.8 Å². The lowest BCUT2D eigenvalue weighted by Crippen LogP contribution is -2.46. The Morgan fingerprint density at radius 2 is 1.21 bits per heavy atom. The van der Waals surface area contributed by atoms with E-state index in [4.69, 9.17) is 0 Å². The number of hydrogen-bond acceptors (Lipinski definition) is 2. The lowest BCUT2D eigenvalue weighted by molar-refractivity contribution is -0.149. The third-order valence-electron chi connectivity index (χ3n) is 4.01. The van der Waals surface area contributed by atoms with E-state index < -0.39 is 47.7 Å². The quantitative estimate of drug-likeness (QED) is 0.594. The minimum absolute atomic E-state index is 0. The topological polar surface area (TPSA) is 15.3 Å². The molecule has 0 amide bonds. The summed E-state index contributed by atoms with van der Waals surface area (Å²) < 4.78 is 117. The highest BCUT2D eigenvalue weighted by Crippen LogP contribution is 2.41. The van der Waals surface area contributed by atoms with Gasteiger partial charge in [0.15, 0.2) is 0 Å². The van der Waals surface area contributed by atoms with E-state index in [1.165, 1.54) is 4.90 Å². The number of alkyl halides is 9. The van der Waals surface area contributed by atoms with Crippen molar-refractivity contribution in [2.24, 2.45) is 0 Å². The number of halogens is 11. The van der Waals surface area contributed by atoms with Crippen molar-refractivity contribution in [2.75, 3.05) is 26.2 Å². The van der Waals surface area contributed by atoms with Crippen LogP contribution >= 0.6 is 24.8 Å². The van der Waals surface area contributed by atoms with Crippen molar-refractivity contribution < 1.29 is 39.5 Å². The Labute approximate surface area is 167 Å². The Hall–Kier alpha value is -0.910. The van der Waals surface area contributed by atoms with E-state index in [-0.39, 0.29) is 44.0 Å². The molecule has 0 saturated carbocycles. The molecule has 1 saturated heterocycles. The number of rotatable bonds is 3. The van der Waals surface area contributed by atoms with Gasteiger partial charge in [-0.1, -0.05) is 0 Å². The van der Waals surface area contributed by atoms with E-state index >= 15 is 0 Å². The maximum absolute atomic E-state index is 13.0. The lowest BCUT2D eigenvalue weighted by Gasteiger charge is -2.36. The molecule has 1 atom stereocenters. The van der Waals surface area contributed by atoms with Crippen molar-refractivity contribution in [3.8, 4) is 0 Å². The maximum atomic E-state index is 13.0. The van der Waals surface area contributed by atoms with Gasteiger partial charge in [0.1, 0.15) is 0 Å². The van der Waals surface area contributed by atoms with Crippen molar-refractivity contribution in [3.05, 3.63) is 34.9 Å². The average molecular weight is 467 g/mol.